The Hall–Kier alpha value is -1.71. The molecule has 0 heterocycles. The molecule has 0 aromatic heterocycles. The van der Waals surface area contributed by atoms with E-state index >= 15 is 0 Å². The minimum absolute atomic E-state index is 0.0934. The molecule has 1 unspecified atom stereocenters. The van der Waals surface area contributed by atoms with Crippen molar-refractivity contribution in [2.24, 2.45) is 0 Å². The van der Waals surface area contributed by atoms with Gasteiger partial charge in [0.15, 0.2) is 0 Å². The highest BCUT2D eigenvalue weighted by molar-refractivity contribution is 9.10. The molecule has 0 fully saturated rings. The standard InChI is InChI=1S/C12H10BrClN2O3/c1-2-3-10(11(17)18)16-12(19)15-7-4-5-8(13)9(14)6-7/h1,4-6,10H,3H2,(H,17,18)(H2,15,16,19). The van der Waals surface area contributed by atoms with Gasteiger partial charge in [0.2, 0.25) is 0 Å². The summed E-state index contributed by atoms with van der Waals surface area (Å²) >= 11 is 9.08. The summed E-state index contributed by atoms with van der Waals surface area (Å²) in [7, 11) is 0. The van der Waals surface area contributed by atoms with Gasteiger partial charge in [-0.15, -0.1) is 12.3 Å². The Bertz CT molecular complexity index is 542. The first-order valence-corrected chi connectivity index (χ1v) is 6.30. The smallest absolute Gasteiger partial charge is 0.327 e. The van der Waals surface area contributed by atoms with Crippen molar-refractivity contribution in [1.29, 1.82) is 0 Å². The molecule has 5 nitrogen and oxygen atoms in total. The van der Waals surface area contributed by atoms with E-state index in [0.29, 0.717) is 15.2 Å². The van der Waals surface area contributed by atoms with Crippen LogP contribution in [-0.2, 0) is 4.79 Å². The highest BCUT2D eigenvalue weighted by atomic mass is 79.9. The Kier molecular flexibility index (Phi) is 5.67. The molecule has 3 N–H and O–H groups in total. The summed E-state index contributed by atoms with van der Waals surface area (Å²) in [5, 5.41) is 14.0. The minimum Gasteiger partial charge on any atom is -0.480 e. The van der Waals surface area contributed by atoms with Crippen molar-refractivity contribution in [3.05, 3.63) is 27.7 Å². The molecule has 19 heavy (non-hydrogen) atoms. The van der Waals surface area contributed by atoms with Crippen molar-refractivity contribution >= 4 is 45.2 Å². The summed E-state index contributed by atoms with van der Waals surface area (Å²) in [6.45, 7) is 0. The number of carbonyl (C=O) groups is 2. The number of carboxylic acids is 1. The number of terminal acetylenes is 1. The number of carboxylic acid groups (broad SMARTS) is 1. The molecule has 100 valence electrons. The van der Waals surface area contributed by atoms with Gasteiger partial charge in [-0.1, -0.05) is 11.6 Å². The number of aliphatic carboxylic acids is 1. The molecule has 1 aromatic carbocycles. The zero-order valence-electron chi connectivity index (χ0n) is 9.61. The fourth-order valence-corrected chi connectivity index (χ4v) is 1.64. The predicted octanol–water partition coefficient (Wildman–Crippen LogP) is 2.70. The van der Waals surface area contributed by atoms with Crippen molar-refractivity contribution in [1.82, 2.24) is 5.32 Å². The van der Waals surface area contributed by atoms with Crippen LogP contribution in [0.15, 0.2) is 22.7 Å². The Morgan fingerprint density at radius 3 is 2.74 bits per heavy atom. The number of rotatable bonds is 4. The van der Waals surface area contributed by atoms with Crippen LogP contribution in [0, 0.1) is 12.3 Å². The van der Waals surface area contributed by atoms with Gasteiger partial charge in [-0.2, -0.15) is 0 Å². The first-order valence-electron chi connectivity index (χ1n) is 5.13. The number of halogens is 2. The van der Waals surface area contributed by atoms with Gasteiger partial charge in [0.1, 0.15) is 6.04 Å². The summed E-state index contributed by atoms with van der Waals surface area (Å²) in [4.78, 5) is 22.4. The minimum atomic E-state index is -1.19. The van der Waals surface area contributed by atoms with E-state index in [1.165, 1.54) is 6.07 Å². The van der Waals surface area contributed by atoms with Crippen molar-refractivity contribution in [3.8, 4) is 12.3 Å². The molecule has 0 aliphatic rings. The second-order valence-corrected chi connectivity index (χ2v) is 4.79. The SMILES string of the molecule is C#CCC(NC(=O)Nc1ccc(Br)c(Cl)c1)C(=O)O. The third-order valence-electron chi connectivity index (χ3n) is 2.10. The quantitative estimate of drug-likeness (QED) is 0.734. The maximum absolute atomic E-state index is 11.6. The van der Waals surface area contributed by atoms with Crippen molar-refractivity contribution in [2.75, 3.05) is 5.32 Å². The lowest BCUT2D eigenvalue weighted by atomic mass is 10.2. The molecule has 1 rings (SSSR count). The van der Waals surface area contributed by atoms with Gasteiger partial charge in [0.05, 0.1) is 5.02 Å². The van der Waals surface area contributed by atoms with E-state index in [9.17, 15) is 9.59 Å². The average molecular weight is 346 g/mol. The molecular formula is C12H10BrClN2O3. The van der Waals surface area contributed by atoms with Crippen LogP contribution in [-0.4, -0.2) is 23.1 Å². The zero-order chi connectivity index (χ0) is 14.4. The summed E-state index contributed by atoms with van der Waals surface area (Å²) in [5.41, 5.74) is 0.440. The third kappa shape index (κ3) is 4.81. The first kappa shape index (κ1) is 15.3. The largest absolute Gasteiger partial charge is 0.480 e. The molecule has 0 saturated carbocycles. The zero-order valence-corrected chi connectivity index (χ0v) is 12.0. The van der Waals surface area contributed by atoms with Crippen LogP contribution in [0.4, 0.5) is 10.5 Å². The van der Waals surface area contributed by atoms with Crippen LogP contribution in [0.5, 0.6) is 0 Å². The lowest BCUT2D eigenvalue weighted by molar-refractivity contribution is -0.139. The molecule has 2 amide bonds. The molecule has 0 spiro atoms. The maximum atomic E-state index is 11.6. The highest BCUT2D eigenvalue weighted by Gasteiger charge is 2.18. The summed E-state index contributed by atoms with van der Waals surface area (Å²) < 4.78 is 0.691. The number of nitrogens with one attached hydrogen (secondary N) is 2. The average Bonchev–Trinajstić information content (AvgIpc) is 2.33. The van der Waals surface area contributed by atoms with Crippen LogP contribution in [0.3, 0.4) is 0 Å². The van der Waals surface area contributed by atoms with E-state index in [4.69, 9.17) is 23.1 Å². The first-order chi connectivity index (χ1) is 8.93. The fraction of sp³-hybridized carbons (Fsp3) is 0.167. The van der Waals surface area contributed by atoms with Gasteiger partial charge in [-0.25, -0.2) is 9.59 Å². The molecule has 0 radical (unpaired) electrons. The summed E-state index contributed by atoms with van der Waals surface area (Å²) in [6, 6.07) is 3.01. The van der Waals surface area contributed by atoms with Crippen LogP contribution < -0.4 is 10.6 Å². The third-order valence-corrected chi connectivity index (χ3v) is 3.34. The molecular weight excluding hydrogens is 336 g/mol. The summed E-state index contributed by atoms with van der Waals surface area (Å²) in [5.74, 6) is 0.992. The van der Waals surface area contributed by atoms with Crippen LogP contribution in [0.2, 0.25) is 5.02 Å². The van der Waals surface area contributed by atoms with Crippen LogP contribution in [0.25, 0.3) is 0 Å². The number of carbonyl (C=O) groups excluding carboxylic acids is 1. The second kappa shape index (κ2) is 7.02. The van der Waals surface area contributed by atoms with Gasteiger partial charge in [-0.3, -0.25) is 0 Å². The lowest BCUT2D eigenvalue weighted by Crippen LogP contribution is -2.42. The van der Waals surface area contributed by atoms with Crippen LogP contribution >= 0.6 is 27.5 Å². The number of hydrogen-bond donors (Lipinski definition) is 3. The molecule has 0 bridgehead atoms. The molecule has 1 aromatic rings. The highest BCUT2D eigenvalue weighted by Crippen LogP contribution is 2.25. The van der Waals surface area contributed by atoms with Crippen LogP contribution in [0.1, 0.15) is 6.42 Å². The lowest BCUT2D eigenvalue weighted by Gasteiger charge is -2.13. The van der Waals surface area contributed by atoms with Gasteiger partial charge < -0.3 is 15.7 Å². The maximum Gasteiger partial charge on any atom is 0.327 e. The van der Waals surface area contributed by atoms with E-state index in [-0.39, 0.29) is 6.42 Å². The normalized spacial score (nSPS) is 11.2. The van der Waals surface area contributed by atoms with Gasteiger partial charge in [-0.05, 0) is 34.1 Å². The summed E-state index contributed by atoms with van der Waals surface area (Å²) in [6.07, 6.45) is 4.93. The number of hydrogen-bond acceptors (Lipinski definition) is 2. The topological polar surface area (TPSA) is 78.4 Å². The van der Waals surface area contributed by atoms with Crippen molar-refractivity contribution in [3.63, 3.8) is 0 Å². The Morgan fingerprint density at radius 1 is 1.53 bits per heavy atom. The van der Waals surface area contributed by atoms with Gasteiger partial charge in [0.25, 0.3) is 0 Å². The number of benzene rings is 1. The molecule has 0 saturated heterocycles. The van der Waals surface area contributed by atoms with E-state index in [1.54, 1.807) is 12.1 Å². The molecule has 1 atom stereocenters. The number of anilines is 1. The number of amides is 2. The van der Waals surface area contributed by atoms with Gasteiger partial charge in [0, 0.05) is 16.6 Å². The van der Waals surface area contributed by atoms with E-state index in [2.05, 4.69) is 32.5 Å². The van der Waals surface area contributed by atoms with Gasteiger partial charge >= 0.3 is 12.0 Å². The van der Waals surface area contributed by atoms with E-state index in [0.717, 1.165) is 0 Å². The number of urea groups is 1. The second-order valence-electron chi connectivity index (χ2n) is 3.53. The molecule has 7 heteroatoms. The molecule has 0 aliphatic carbocycles. The fourth-order valence-electron chi connectivity index (χ4n) is 1.22. The Morgan fingerprint density at radius 2 is 2.21 bits per heavy atom. The van der Waals surface area contributed by atoms with Crippen molar-refractivity contribution in [2.45, 2.75) is 12.5 Å². The van der Waals surface area contributed by atoms with E-state index < -0.39 is 18.0 Å². The Balaban J connectivity index is 2.66. The predicted molar refractivity (Wildman–Crippen MR) is 76.2 cm³/mol. The Labute approximate surface area is 123 Å². The van der Waals surface area contributed by atoms with Crippen molar-refractivity contribution < 1.29 is 14.7 Å². The van der Waals surface area contributed by atoms with E-state index in [1.807, 2.05) is 0 Å². The molecule has 0 aliphatic heterocycles. The monoisotopic (exact) mass is 344 g/mol.